The van der Waals surface area contributed by atoms with Crippen LogP contribution in [0.2, 0.25) is 0 Å². The highest BCUT2D eigenvalue weighted by Crippen LogP contribution is 2.35. The summed E-state index contributed by atoms with van der Waals surface area (Å²) in [4.78, 5) is 27.6. The Morgan fingerprint density at radius 3 is 2.81 bits per heavy atom. The molecule has 0 saturated carbocycles. The summed E-state index contributed by atoms with van der Waals surface area (Å²) in [7, 11) is 0. The second kappa shape index (κ2) is 5.17. The predicted octanol–water partition coefficient (Wildman–Crippen LogP) is 1.88. The van der Waals surface area contributed by atoms with Crippen molar-refractivity contribution in [2.75, 3.05) is 0 Å². The van der Waals surface area contributed by atoms with E-state index < -0.39 is 11.5 Å². The molecule has 1 aliphatic rings. The van der Waals surface area contributed by atoms with Crippen LogP contribution in [0.5, 0.6) is 0 Å². The summed E-state index contributed by atoms with van der Waals surface area (Å²) in [5, 5.41) is 0. The monoisotopic (exact) mass is 215 g/mol. The van der Waals surface area contributed by atoms with Crippen molar-refractivity contribution in [1.82, 2.24) is 0 Å². The second-order valence-corrected chi connectivity index (χ2v) is 3.52. The standard InChI is InChI=1S/C12H11N2O2/c1-3-5-12(2)6-4-10(13-8-15)7-11(12)14-9-16/h3-4,6-7,11H,1-2,5H2. The van der Waals surface area contributed by atoms with Gasteiger partial charge in [0.15, 0.2) is 0 Å². The molecular formula is C12H11N2O2. The number of nitrogens with zero attached hydrogens (tertiary/aromatic N) is 2. The Balaban J connectivity index is 3.10. The zero-order valence-corrected chi connectivity index (χ0v) is 8.72. The third-order valence-corrected chi connectivity index (χ3v) is 2.39. The minimum absolute atomic E-state index is 0.419. The Bertz CT molecular complexity index is 438. The zero-order valence-electron chi connectivity index (χ0n) is 8.72. The summed E-state index contributed by atoms with van der Waals surface area (Å²) in [5.74, 6) is 0. The van der Waals surface area contributed by atoms with Gasteiger partial charge in [0.05, 0.1) is 11.7 Å². The van der Waals surface area contributed by atoms with Crippen molar-refractivity contribution in [3.8, 4) is 0 Å². The fourth-order valence-corrected chi connectivity index (χ4v) is 1.54. The molecule has 0 aromatic carbocycles. The lowest BCUT2D eigenvalue weighted by Crippen LogP contribution is -2.29. The smallest absolute Gasteiger partial charge is 0.211 e. The second-order valence-electron chi connectivity index (χ2n) is 3.52. The molecule has 0 bridgehead atoms. The quantitative estimate of drug-likeness (QED) is 0.408. The summed E-state index contributed by atoms with van der Waals surface area (Å²) in [6.07, 6.45) is 10.2. The lowest BCUT2D eigenvalue weighted by molar-refractivity contribution is 0.430. The van der Waals surface area contributed by atoms with Crippen LogP contribution in [0.3, 0.4) is 0 Å². The Hall–Kier alpha value is -2.02. The van der Waals surface area contributed by atoms with Gasteiger partial charge in [0.25, 0.3) is 0 Å². The van der Waals surface area contributed by atoms with Crippen LogP contribution in [0.15, 0.2) is 46.6 Å². The van der Waals surface area contributed by atoms with E-state index in [2.05, 4.69) is 23.5 Å². The fourth-order valence-electron chi connectivity index (χ4n) is 1.54. The molecule has 4 heteroatoms. The number of carbonyl (C=O) groups excluding carboxylic acids is 2. The summed E-state index contributed by atoms with van der Waals surface area (Å²) in [5.41, 5.74) is -0.150. The van der Waals surface area contributed by atoms with Gasteiger partial charge in [-0.3, -0.25) is 0 Å². The normalized spacial score (nSPS) is 27.3. The molecule has 0 N–H and O–H groups in total. The minimum atomic E-state index is -0.568. The molecule has 1 radical (unpaired) electrons. The van der Waals surface area contributed by atoms with Gasteiger partial charge in [0, 0.05) is 5.41 Å². The lowest BCUT2D eigenvalue weighted by Gasteiger charge is -2.31. The maximum absolute atomic E-state index is 10.3. The first-order valence-electron chi connectivity index (χ1n) is 4.68. The van der Waals surface area contributed by atoms with E-state index in [0.29, 0.717) is 12.1 Å². The molecule has 0 fully saturated rings. The summed E-state index contributed by atoms with van der Waals surface area (Å²) in [6.45, 7) is 7.63. The predicted molar refractivity (Wildman–Crippen MR) is 59.9 cm³/mol. The van der Waals surface area contributed by atoms with Crippen LogP contribution in [0.4, 0.5) is 0 Å². The zero-order chi connectivity index (χ0) is 12.0. The van der Waals surface area contributed by atoms with Crippen LogP contribution < -0.4 is 0 Å². The maximum atomic E-state index is 10.3. The first kappa shape index (κ1) is 12.1. The van der Waals surface area contributed by atoms with E-state index in [9.17, 15) is 9.59 Å². The van der Waals surface area contributed by atoms with E-state index in [1.54, 1.807) is 24.3 Å². The number of isocyanates is 2. The Morgan fingerprint density at radius 1 is 1.50 bits per heavy atom. The van der Waals surface area contributed by atoms with Crippen LogP contribution >= 0.6 is 0 Å². The molecule has 0 heterocycles. The number of rotatable bonds is 4. The van der Waals surface area contributed by atoms with Crippen LogP contribution in [-0.2, 0) is 9.59 Å². The van der Waals surface area contributed by atoms with Gasteiger partial charge in [-0.05, 0) is 25.5 Å². The van der Waals surface area contributed by atoms with Gasteiger partial charge in [0.1, 0.15) is 0 Å². The molecule has 0 saturated heterocycles. The van der Waals surface area contributed by atoms with Crippen molar-refractivity contribution in [3.05, 3.63) is 43.5 Å². The molecule has 0 aromatic heterocycles. The van der Waals surface area contributed by atoms with E-state index >= 15 is 0 Å². The van der Waals surface area contributed by atoms with Crippen LogP contribution in [0, 0.1) is 12.3 Å². The molecule has 1 aliphatic carbocycles. The highest BCUT2D eigenvalue weighted by molar-refractivity contribution is 5.44. The molecule has 0 aromatic rings. The van der Waals surface area contributed by atoms with E-state index in [1.165, 1.54) is 12.2 Å². The molecule has 4 nitrogen and oxygen atoms in total. The van der Waals surface area contributed by atoms with E-state index in [-0.39, 0.29) is 0 Å². The third-order valence-electron chi connectivity index (χ3n) is 2.39. The summed E-state index contributed by atoms with van der Waals surface area (Å²) >= 11 is 0. The molecule has 0 amide bonds. The fraction of sp³-hybridized carbons (Fsp3) is 0.250. The molecule has 16 heavy (non-hydrogen) atoms. The van der Waals surface area contributed by atoms with Gasteiger partial charge in [0.2, 0.25) is 12.2 Å². The third kappa shape index (κ3) is 2.51. The molecule has 2 unspecified atom stereocenters. The molecule has 0 aliphatic heterocycles. The number of aliphatic imine (C=N–C) groups is 2. The van der Waals surface area contributed by atoms with Crippen LogP contribution in [0.25, 0.3) is 0 Å². The maximum Gasteiger partial charge on any atom is 0.240 e. The first-order valence-corrected chi connectivity index (χ1v) is 4.68. The molecule has 1 rings (SSSR count). The van der Waals surface area contributed by atoms with Crippen molar-refractivity contribution >= 4 is 12.2 Å². The molecule has 0 spiro atoms. The van der Waals surface area contributed by atoms with Gasteiger partial charge < -0.3 is 0 Å². The van der Waals surface area contributed by atoms with Crippen molar-refractivity contribution in [3.63, 3.8) is 0 Å². The van der Waals surface area contributed by atoms with E-state index in [4.69, 9.17) is 0 Å². The Labute approximate surface area is 93.8 Å². The van der Waals surface area contributed by atoms with Crippen molar-refractivity contribution in [2.45, 2.75) is 12.5 Å². The average Bonchev–Trinajstić information content (AvgIpc) is 2.25. The van der Waals surface area contributed by atoms with Gasteiger partial charge in [-0.15, -0.1) is 6.58 Å². The molecule has 2 atom stereocenters. The van der Waals surface area contributed by atoms with E-state index in [0.717, 1.165) is 0 Å². The van der Waals surface area contributed by atoms with Gasteiger partial charge >= 0.3 is 0 Å². The first-order chi connectivity index (χ1) is 7.66. The van der Waals surface area contributed by atoms with Crippen molar-refractivity contribution in [1.29, 1.82) is 0 Å². The van der Waals surface area contributed by atoms with Gasteiger partial charge in [-0.2, -0.15) is 9.98 Å². The largest absolute Gasteiger partial charge is 0.240 e. The number of hydrogen-bond acceptors (Lipinski definition) is 4. The van der Waals surface area contributed by atoms with Crippen molar-refractivity contribution < 1.29 is 9.59 Å². The van der Waals surface area contributed by atoms with Crippen molar-refractivity contribution in [2.24, 2.45) is 15.4 Å². The Kier molecular flexibility index (Phi) is 3.90. The SMILES string of the molecule is [CH2]C1(CC=C)C=CC(N=C=O)=CC1N=C=O. The Morgan fingerprint density at radius 2 is 2.25 bits per heavy atom. The average molecular weight is 215 g/mol. The van der Waals surface area contributed by atoms with Crippen LogP contribution in [0.1, 0.15) is 6.42 Å². The van der Waals surface area contributed by atoms with E-state index in [1.807, 2.05) is 0 Å². The topological polar surface area (TPSA) is 58.9 Å². The highest BCUT2D eigenvalue weighted by atomic mass is 16.1. The summed E-state index contributed by atoms with van der Waals surface area (Å²) < 4.78 is 0. The van der Waals surface area contributed by atoms with Crippen LogP contribution in [-0.4, -0.2) is 18.2 Å². The lowest BCUT2D eigenvalue weighted by atomic mass is 9.76. The molecule has 81 valence electrons. The summed E-state index contributed by atoms with van der Waals surface area (Å²) in [6, 6.07) is -0.486. The number of hydrogen-bond donors (Lipinski definition) is 0. The van der Waals surface area contributed by atoms with Gasteiger partial charge in [-0.1, -0.05) is 12.2 Å². The number of allylic oxidation sites excluding steroid dienone is 2. The van der Waals surface area contributed by atoms with Gasteiger partial charge in [-0.25, -0.2) is 9.59 Å². The highest BCUT2D eigenvalue weighted by Gasteiger charge is 2.32. The molecular weight excluding hydrogens is 204 g/mol. The minimum Gasteiger partial charge on any atom is -0.211 e.